The average molecular weight is 278 g/mol. The summed E-state index contributed by atoms with van der Waals surface area (Å²) in [5.41, 5.74) is 0.468. The van der Waals surface area contributed by atoms with Crippen molar-refractivity contribution in [1.29, 1.82) is 0 Å². The highest BCUT2D eigenvalue weighted by atomic mass is 16.5. The van der Waals surface area contributed by atoms with Crippen LogP contribution in [0.5, 0.6) is 11.5 Å². The van der Waals surface area contributed by atoms with Crippen LogP contribution in [0.25, 0.3) is 0 Å². The molecule has 3 heteroatoms. The Morgan fingerprint density at radius 1 is 1.10 bits per heavy atom. The maximum Gasteiger partial charge on any atom is 0.161 e. The van der Waals surface area contributed by atoms with E-state index >= 15 is 0 Å². The molecule has 1 aromatic rings. The maximum absolute atomic E-state index is 11.1. The first-order valence-corrected chi connectivity index (χ1v) is 7.27. The smallest absolute Gasteiger partial charge is 0.161 e. The van der Waals surface area contributed by atoms with Gasteiger partial charge >= 0.3 is 0 Å². The number of hydrogen-bond acceptors (Lipinski definition) is 3. The van der Waals surface area contributed by atoms with E-state index in [0.717, 1.165) is 24.8 Å². The van der Waals surface area contributed by atoms with E-state index in [9.17, 15) is 5.11 Å². The average Bonchev–Trinajstić information content (AvgIpc) is 2.42. The molecule has 0 bridgehead atoms. The molecule has 2 unspecified atom stereocenters. The molecule has 0 aromatic heterocycles. The van der Waals surface area contributed by atoms with Gasteiger partial charge in [0.1, 0.15) is 0 Å². The molecule has 0 saturated heterocycles. The summed E-state index contributed by atoms with van der Waals surface area (Å²) in [4.78, 5) is 0. The molecule has 0 aliphatic heterocycles. The van der Waals surface area contributed by atoms with E-state index in [4.69, 9.17) is 9.47 Å². The van der Waals surface area contributed by atoms with Gasteiger partial charge in [-0.25, -0.2) is 0 Å². The molecule has 2 atom stereocenters. The number of hydrogen-bond donors (Lipinski definition) is 1. The van der Waals surface area contributed by atoms with Gasteiger partial charge in [0.25, 0.3) is 0 Å². The van der Waals surface area contributed by atoms with Crippen LogP contribution in [-0.4, -0.2) is 19.3 Å². The zero-order valence-corrected chi connectivity index (χ0v) is 13.2. The molecule has 1 aromatic carbocycles. The van der Waals surface area contributed by atoms with Gasteiger partial charge in [-0.15, -0.1) is 0 Å². The van der Waals surface area contributed by atoms with E-state index in [1.54, 1.807) is 14.2 Å². The minimum Gasteiger partial charge on any atom is -0.493 e. The molecule has 1 saturated carbocycles. The highest BCUT2D eigenvalue weighted by Crippen LogP contribution is 2.49. The molecule has 112 valence electrons. The monoisotopic (exact) mass is 278 g/mol. The third kappa shape index (κ3) is 2.64. The highest BCUT2D eigenvalue weighted by Gasteiger charge is 2.43. The largest absolute Gasteiger partial charge is 0.493 e. The molecule has 2 rings (SSSR count). The Morgan fingerprint density at radius 2 is 1.75 bits per heavy atom. The second-order valence-corrected chi connectivity index (χ2v) is 6.76. The minimum atomic E-state index is -0.769. The lowest BCUT2D eigenvalue weighted by Crippen LogP contribution is -2.41. The van der Waals surface area contributed by atoms with Crippen molar-refractivity contribution in [3.05, 3.63) is 23.8 Å². The Morgan fingerprint density at radius 3 is 2.30 bits per heavy atom. The standard InChI is InChI=1S/C17H26O3/c1-12-11-16(2,3)8-9-17(12,18)13-6-7-14(19-4)15(10-13)20-5/h6-7,10,12,18H,8-9,11H2,1-5H3. The van der Waals surface area contributed by atoms with Gasteiger partial charge in [0.2, 0.25) is 0 Å². The Kier molecular flexibility index (Phi) is 4.01. The molecule has 0 spiro atoms. The molecule has 0 amide bonds. The van der Waals surface area contributed by atoms with Crippen molar-refractivity contribution in [2.75, 3.05) is 14.2 Å². The Hall–Kier alpha value is -1.22. The predicted molar refractivity (Wildman–Crippen MR) is 80.2 cm³/mol. The van der Waals surface area contributed by atoms with Gasteiger partial charge in [0.05, 0.1) is 19.8 Å². The molecular weight excluding hydrogens is 252 g/mol. The number of methoxy groups -OCH3 is 2. The molecule has 20 heavy (non-hydrogen) atoms. The van der Waals surface area contributed by atoms with Gasteiger partial charge < -0.3 is 14.6 Å². The fourth-order valence-corrected chi connectivity index (χ4v) is 3.41. The van der Waals surface area contributed by atoms with Gasteiger partial charge in [-0.3, -0.25) is 0 Å². The molecule has 1 fully saturated rings. The maximum atomic E-state index is 11.1. The van der Waals surface area contributed by atoms with Crippen LogP contribution in [0.15, 0.2) is 18.2 Å². The summed E-state index contributed by atoms with van der Waals surface area (Å²) in [5.74, 6) is 1.60. The summed E-state index contributed by atoms with van der Waals surface area (Å²) in [5, 5.41) is 11.1. The zero-order valence-electron chi connectivity index (χ0n) is 13.2. The summed E-state index contributed by atoms with van der Waals surface area (Å²) in [6.07, 6.45) is 2.84. The molecule has 0 radical (unpaired) electrons. The quantitative estimate of drug-likeness (QED) is 0.915. The van der Waals surface area contributed by atoms with Gasteiger partial charge in [0.15, 0.2) is 11.5 Å². The minimum absolute atomic E-state index is 0.226. The van der Waals surface area contributed by atoms with E-state index in [1.165, 1.54) is 0 Å². The molecule has 3 nitrogen and oxygen atoms in total. The van der Waals surface area contributed by atoms with Crippen LogP contribution in [-0.2, 0) is 5.60 Å². The second kappa shape index (κ2) is 5.28. The van der Waals surface area contributed by atoms with Crippen molar-refractivity contribution in [2.45, 2.75) is 45.6 Å². The Labute approximate surface area is 121 Å². The van der Waals surface area contributed by atoms with Crippen molar-refractivity contribution in [1.82, 2.24) is 0 Å². The number of rotatable bonds is 3. The fourth-order valence-electron chi connectivity index (χ4n) is 3.41. The van der Waals surface area contributed by atoms with Crippen LogP contribution in [0, 0.1) is 11.3 Å². The van der Waals surface area contributed by atoms with E-state index in [0.29, 0.717) is 16.9 Å². The van der Waals surface area contributed by atoms with Crippen LogP contribution in [0.1, 0.15) is 45.6 Å². The van der Waals surface area contributed by atoms with Crippen LogP contribution in [0.2, 0.25) is 0 Å². The van der Waals surface area contributed by atoms with Crippen LogP contribution in [0.3, 0.4) is 0 Å². The fraction of sp³-hybridized carbons (Fsp3) is 0.647. The van der Waals surface area contributed by atoms with E-state index in [2.05, 4.69) is 20.8 Å². The topological polar surface area (TPSA) is 38.7 Å². The van der Waals surface area contributed by atoms with Crippen LogP contribution < -0.4 is 9.47 Å². The molecule has 1 N–H and O–H groups in total. The van der Waals surface area contributed by atoms with Gasteiger partial charge in [-0.1, -0.05) is 26.8 Å². The molecular formula is C17H26O3. The SMILES string of the molecule is COc1ccc(C2(O)CCC(C)(C)CC2C)cc1OC. The van der Waals surface area contributed by atoms with Crippen molar-refractivity contribution >= 4 is 0 Å². The van der Waals surface area contributed by atoms with Crippen molar-refractivity contribution in [3.63, 3.8) is 0 Å². The Bertz CT molecular complexity index is 481. The van der Waals surface area contributed by atoms with E-state index in [1.807, 2.05) is 18.2 Å². The number of benzene rings is 1. The molecule has 1 aliphatic carbocycles. The van der Waals surface area contributed by atoms with Gasteiger partial charge in [0, 0.05) is 0 Å². The first-order valence-electron chi connectivity index (χ1n) is 7.27. The Balaban J connectivity index is 2.35. The third-order valence-corrected chi connectivity index (χ3v) is 4.74. The van der Waals surface area contributed by atoms with Crippen molar-refractivity contribution in [2.24, 2.45) is 11.3 Å². The third-order valence-electron chi connectivity index (χ3n) is 4.74. The predicted octanol–water partition coefficient (Wildman–Crippen LogP) is 3.74. The number of ether oxygens (including phenoxy) is 2. The normalized spacial score (nSPS) is 29.0. The summed E-state index contributed by atoms with van der Waals surface area (Å²) >= 11 is 0. The van der Waals surface area contributed by atoms with E-state index < -0.39 is 5.60 Å². The van der Waals surface area contributed by atoms with Crippen molar-refractivity contribution < 1.29 is 14.6 Å². The zero-order chi connectivity index (χ0) is 15.0. The lowest BCUT2D eigenvalue weighted by atomic mass is 9.63. The lowest BCUT2D eigenvalue weighted by molar-refractivity contribution is -0.0770. The summed E-state index contributed by atoms with van der Waals surface area (Å²) in [6.45, 7) is 6.69. The van der Waals surface area contributed by atoms with Crippen LogP contribution >= 0.6 is 0 Å². The van der Waals surface area contributed by atoms with Gasteiger partial charge in [-0.05, 0) is 48.3 Å². The van der Waals surface area contributed by atoms with Gasteiger partial charge in [-0.2, -0.15) is 0 Å². The first-order chi connectivity index (χ1) is 9.32. The van der Waals surface area contributed by atoms with Crippen LogP contribution in [0.4, 0.5) is 0 Å². The molecule has 0 heterocycles. The summed E-state index contributed by atoms with van der Waals surface area (Å²) in [7, 11) is 3.25. The second-order valence-electron chi connectivity index (χ2n) is 6.76. The summed E-state index contributed by atoms with van der Waals surface area (Å²) in [6, 6.07) is 5.74. The highest BCUT2D eigenvalue weighted by molar-refractivity contribution is 5.45. The summed E-state index contributed by atoms with van der Waals surface area (Å²) < 4.78 is 10.6. The van der Waals surface area contributed by atoms with E-state index in [-0.39, 0.29) is 5.92 Å². The first kappa shape index (κ1) is 15.2. The van der Waals surface area contributed by atoms with Crippen molar-refractivity contribution in [3.8, 4) is 11.5 Å². The number of aliphatic hydroxyl groups is 1. The lowest BCUT2D eigenvalue weighted by Gasteiger charge is -2.45. The molecule has 1 aliphatic rings.